The van der Waals surface area contributed by atoms with E-state index >= 15 is 0 Å². The Morgan fingerprint density at radius 1 is 1.39 bits per heavy atom. The number of hydrogen-bond donors (Lipinski definition) is 3. The number of benzene rings is 1. The molecule has 172 valence electrons. The lowest BCUT2D eigenvalue weighted by atomic mass is 9.45. The van der Waals surface area contributed by atoms with E-state index in [0.717, 1.165) is 15.6 Å². The van der Waals surface area contributed by atoms with Crippen LogP contribution in [0.15, 0.2) is 24.3 Å². The number of aliphatic hydroxyl groups is 2. The first-order chi connectivity index (χ1) is 14.6. The van der Waals surface area contributed by atoms with Crippen LogP contribution in [0.1, 0.15) is 46.1 Å². The van der Waals surface area contributed by atoms with Crippen LogP contribution in [0, 0.1) is 32.7 Å². The molecule has 8 atom stereocenters. The van der Waals surface area contributed by atoms with Crippen LogP contribution in [0.3, 0.4) is 0 Å². The first-order valence-corrected chi connectivity index (χ1v) is 12.5. The zero-order valence-corrected chi connectivity index (χ0v) is 21.0. The Morgan fingerprint density at radius 2 is 2.13 bits per heavy atom. The highest BCUT2D eigenvalue weighted by molar-refractivity contribution is 14.1. The summed E-state index contributed by atoms with van der Waals surface area (Å²) < 4.78 is 1.11. The molecule has 1 aromatic rings. The van der Waals surface area contributed by atoms with Gasteiger partial charge in [-0.05, 0) is 83.2 Å². The van der Waals surface area contributed by atoms with Crippen molar-refractivity contribution in [1.29, 1.82) is 0 Å². The standard InChI is InChI=1S/C24H35IN2O4/c1-13-18-9-16(24(18,3)4)10-19(13)26-23(30)22-21(14(2)29)20(12-28)31-27(22)11-15-6-5-7-17(25)8-15/h5-8,13-14,16,18-22,28-29H,9-12H2,1-4H3,(H,26,30)/t13?,14-,16?,18?,19-,20?,21+,22-/m0/s1. The van der Waals surface area contributed by atoms with Crippen LogP contribution in [0.25, 0.3) is 0 Å². The lowest BCUT2D eigenvalue weighted by molar-refractivity contribution is -0.183. The molecule has 1 heterocycles. The molecule has 1 saturated heterocycles. The second-order valence-electron chi connectivity index (χ2n) is 10.4. The van der Waals surface area contributed by atoms with E-state index in [-0.39, 0.29) is 18.6 Å². The van der Waals surface area contributed by atoms with Crippen molar-refractivity contribution in [2.75, 3.05) is 6.61 Å². The number of halogens is 1. The number of hydroxylamine groups is 2. The number of carbonyl (C=O) groups excluding carboxylic acids is 1. The lowest BCUT2D eigenvalue weighted by Crippen LogP contribution is -2.62. The van der Waals surface area contributed by atoms with Gasteiger partial charge in [-0.1, -0.05) is 32.9 Å². The predicted molar refractivity (Wildman–Crippen MR) is 127 cm³/mol. The molecule has 1 amide bonds. The van der Waals surface area contributed by atoms with Gasteiger partial charge >= 0.3 is 0 Å². The molecule has 0 spiro atoms. The molecule has 31 heavy (non-hydrogen) atoms. The second-order valence-corrected chi connectivity index (χ2v) is 11.6. The molecule has 4 fully saturated rings. The third kappa shape index (κ3) is 4.28. The van der Waals surface area contributed by atoms with Gasteiger partial charge < -0.3 is 15.5 Å². The highest BCUT2D eigenvalue weighted by Gasteiger charge is 2.57. The van der Waals surface area contributed by atoms with Gasteiger partial charge in [-0.15, -0.1) is 0 Å². The smallest absolute Gasteiger partial charge is 0.240 e. The van der Waals surface area contributed by atoms with E-state index in [9.17, 15) is 15.0 Å². The van der Waals surface area contributed by atoms with Gasteiger partial charge in [-0.2, -0.15) is 5.06 Å². The molecule has 4 unspecified atom stereocenters. The first kappa shape index (κ1) is 23.4. The van der Waals surface area contributed by atoms with Crippen LogP contribution in [0.2, 0.25) is 0 Å². The van der Waals surface area contributed by atoms with E-state index in [4.69, 9.17) is 4.84 Å². The van der Waals surface area contributed by atoms with Crippen molar-refractivity contribution in [2.24, 2.45) is 29.1 Å². The Morgan fingerprint density at radius 3 is 2.71 bits per heavy atom. The maximum absolute atomic E-state index is 13.6. The number of nitrogens with one attached hydrogen (secondary N) is 1. The summed E-state index contributed by atoms with van der Waals surface area (Å²) in [5.74, 6) is 1.12. The van der Waals surface area contributed by atoms with Gasteiger partial charge in [0.2, 0.25) is 5.91 Å². The Labute approximate surface area is 198 Å². The quantitative estimate of drug-likeness (QED) is 0.482. The highest BCUT2D eigenvalue weighted by atomic mass is 127. The third-order valence-corrected chi connectivity index (χ3v) is 8.96. The fraction of sp³-hybridized carbons (Fsp3) is 0.708. The van der Waals surface area contributed by atoms with E-state index in [1.807, 2.05) is 18.2 Å². The fourth-order valence-electron chi connectivity index (χ4n) is 6.30. The number of aliphatic hydroxyl groups excluding tert-OH is 2. The summed E-state index contributed by atoms with van der Waals surface area (Å²) in [7, 11) is 0. The van der Waals surface area contributed by atoms with Crippen molar-refractivity contribution in [1.82, 2.24) is 10.4 Å². The molecule has 3 N–H and O–H groups in total. The molecule has 3 aliphatic carbocycles. The van der Waals surface area contributed by atoms with Crippen molar-refractivity contribution < 1.29 is 19.8 Å². The summed E-state index contributed by atoms with van der Waals surface area (Å²) in [6, 6.07) is 7.56. The lowest BCUT2D eigenvalue weighted by Gasteiger charge is -2.62. The minimum Gasteiger partial charge on any atom is -0.394 e. The summed E-state index contributed by atoms with van der Waals surface area (Å²) in [5, 5.41) is 25.3. The van der Waals surface area contributed by atoms with Crippen LogP contribution >= 0.6 is 22.6 Å². The van der Waals surface area contributed by atoms with Crippen molar-refractivity contribution in [2.45, 2.75) is 71.4 Å². The Balaban J connectivity index is 1.53. The van der Waals surface area contributed by atoms with Gasteiger partial charge in [0.25, 0.3) is 0 Å². The maximum atomic E-state index is 13.6. The molecule has 1 aromatic carbocycles. The summed E-state index contributed by atoms with van der Waals surface area (Å²) in [4.78, 5) is 19.6. The van der Waals surface area contributed by atoms with Crippen molar-refractivity contribution in [3.8, 4) is 0 Å². The molecule has 4 aliphatic rings. The molecule has 7 heteroatoms. The number of fused-ring (bicyclic) bond motifs is 2. The fourth-order valence-corrected chi connectivity index (χ4v) is 6.91. The van der Waals surface area contributed by atoms with E-state index < -0.39 is 24.2 Å². The molecule has 3 saturated carbocycles. The van der Waals surface area contributed by atoms with Crippen LogP contribution in [0.4, 0.5) is 0 Å². The molecular formula is C24H35IN2O4. The van der Waals surface area contributed by atoms with Gasteiger partial charge in [-0.25, -0.2) is 0 Å². The number of amides is 1. The van der Waals surface area contributed by atoms with E-state index in [1.165, 1.54) is 6.42 Å². The normalized spacial score (nSPS) is 37.8. The molecule has 1 aliphatic heterocycles. The number of hydrogen-bond acceptors (Lipinski definition) is 5. The van der Waals surface area contributed by atoms with Crippen LogP contribution < -0.4 is 5.32 Å². The molecule has 0 aromatic heterocycles. The zero-order chi connectivity index (χ0) is 22.5. The van der Waals surface area contributed by atoms with Crippen molar-refractivity contribution >= 4 is 28.5 Å². The Hall–Kier alpha value is -0.740. The van der Waals surface area contributed by atoms with Gasteiger partial charge in [0.05, 0.1) is 19.3 Å². The maximum Gasteiger partial charge on any atom is 0.240 e. The number of rotatable bonds is 6. The monoisotopic (exact) mass is 542 g/mol. The predicted octanol–water partition coefficient (Wildman–Crippen LogP) is 2.95. The first-order valence-electron chi connectivity index (χ1n) is 11.4. The average molecular weight is 542 g/mol. The van der Waals surface area contributed by atoms with Gasteiger partial charge in [-0.3, -0.25) is 9.63 Å². The SMILES string of the molecule is CC1C2CC(C[C@@H]1NC(=O)[C@@H]1[C@H]([C@H](C)O)C(CO)ON1Cc1cccc(I)c1)C2(C)C. The average Bonchev–Trinajstić information content (AvgIpc) is 3.07. The van der Waals surface area contributed by atoms with Gasteiger partial charge in [0, 0.05) is 15.5 Å². The number of carbonyl (C=O) groups is 1. The van der Waals surface area contributed by atoms with Crippen LogP contribution in [0.5, 0.6) is 0 Å². The molecule has 0 radical (unpaired) electrons. The number of nitrogens with zero attached hydrogens (tertiary/aromatic N) is 1. The van der Waals surface area contributed by atoms with E-state index in [1.54, 1.807) is 12.0 Å². The van der Waals surface area contributed by atoms with E-state index in [0.29, 0.717) is 29.7 Å². The van der Waals surface area contributed by atoms with Crippen molar-refractivity contribution in [3.05, 3.63) is 33.4 Å². The second kappa shape index (κ2) is 8.89. The van der Waals surface area contributed by atoms with Gasteiger partial charge in [0.15, 0.2) is 0 Å². The summed E-state index contributed by atoms with van der Waals surface area (Å²) >= 11 is 2.27. The largest absolute Gasteiger partial charge is 0.394 e. The molecule has 5 rings (SSSR count). The van der Waals surface area contributed by atoms with Gasteiger partial charge in [0.1, 0.15) is 12.1 Å². The molecule has 2 bridgehead atoms. The minimum atomic E-state index is -0.773. The topological polar surface area (TPSA) is 82.0 Å². The zero-order valence-electron chi connectivity index (χ0n) is 18.8. The Kier molecular flexibility index (Phi) is 6.72. The molecular weight excluding hydrogens is 507 g/mol. The minimum absolute atomic E-state index is 0.108. The van der Waals surface area contributed by atoms with Crippen molar-refractivity contribution in [3.63, 3.8) is 0 Å². The van der Waals surface area contributed by atoms with E-state index in [2.05, 4.69) is 54.7 Å². The summed E-state index contributed by atoms with van der Waals surface area (Å²) in [5.41, 5.74) is 1.39. The highest BCUT2D eigenvalue weighted by Crippen LogP contribution is 2.61. The Bertz CT molecular complexity index is 817. The molecule has 6 nitrogen and oxygen atoms in total. The third-order valence-electron chi connectivity index (χ3n) is 8.29. The van der Waals surface area contributed by atoms with Crippen LogP contribution in [-0.4, -0.2) is 52.1 Å². The van der Waals surface area contributed by atoms with Crippen LogP contribution in [-0.2, 0) is 16.2 Å². The summed E-state index contributed by atoms with van der Waals surface area (Å²) in [6.45, 7) is 8.82. The summed E-state index contributed by atoms with van der Waals surface area (Å²) in [6.07, 6.45) is 0.887.